The molecule has 0 radical (unpaired) electrons. The van der Waals surface area contributed by atoms with Crippen molar-refractivity contribution >= 4 is 24.5 Å². The molecule has 0 fully saturated rings. The van der Waals surface area contributed by atoms with Gasteiger partial charge in [0.2, 0.25) is 0 Å². The number of fused-ring (bicyclic) bond motifs is 1. The van der Waals surface area contributed by atoms with Crippen LogP contribution in [0.1, 0.15) is 46.5 Å². The molecule has 0 aromatic heterocycles. The van der Waals surface area contributed by atoms with Gasteiger partial charge in [-0.3, -0.25) is 4.79 Å². The van der Waals surface area contributed by atoms with Gasteiger partial charge in [-0.2, -0.15) is 5.26 Å². The van der Waals surface area contributed by atoms with Crippen LogP contribution >= 0.6 is 0 Å². The van der Waals surface area contributed by atoms with E-state index in [9.17, 15) is 14.6 Å². The number of nitrogens with one attached hydrogen (secondary N) is 1. The van der Waals surface area contributed by atoms with E-state index in [0.29, 0.717) is 34.3 Å². The molecule has 154 valence electrons. The van der Waals surface area contributed by atoms with Crippen molar-refractivity contribution in [3.63, 3.8) is 0 Å². The van der Waals surface area contributed by atoms with E-state index in [2.05, 4.69) is 5.32 Å². The molecule has 3 rings (SSSR count). The summed E-state index contributed by atoms with van der Waals surface area (Å²) < 4.78 is 10.6. The van der Waals surface area contributed by atoms with Crippen LogP contribution in [0.2, 0.25) is 0 Å². The third-order valence-corrected chi connectivity index (χ3v) is 5.14. The third kappa shape index (κ3) is 4.53. The molecular weight excluding hydrogens is 383 g/mol. The Hall–Kier alpha value is -3.15. The molecule has 1 heterocycles. The van der Waals surface area contributed by atoms with Crippen molar-refractivity contribution < 1.29 is 24.0 Å². The van der Waals surface area contributed by atoms with Crippen molar-refractivity contribution in [2.75, 3.05) is 0 Å². The lowest BCUT2D eigenvalue weighted by molar-refractivity contribution is -0.148. The number of nitriles is 1. The number of carbonyl (C=O) groups is 2. The average Bonchev–Trinajstić information content (AvgIpc) is 3.11. The maximum Gasteiger partial charge on any atom is 0.492 e. The molecule has 0 saturated carbocycles. The fourth-order valence-electron chi connectivity index (χ4n) is 3.44. The molecule has 0 spiro atoms. The fourth-order valence-corrected chi connectivity index (χ4v) is 3.44. The zero-order chi connectivity index (χ0) is 21.8. The number of ether oxygens (including phenoxy) is 1. The highest BCUT2D eigenvalue weighted by atomic mass is 16.5. The lowest BCUT2D eigenvalue weighted by Gasteiger charge is -2.22. The Morgan fingerprint density at radius 1 is 1.33 bits per heavy atom. The van der Waals surface area contributed by atoms with Crippen molar-refractivity contribution in [3.8, 4) is 6.07 Å². The van der Waals surface area contributed by atoms with E-state index in [1.54, 1.807) is 43.3 Å². The number of hydrogen-bond acceptors (Lipinski definition) is 6. The van der Waals surface area contributed by atoms with Gasteiger partial charge in [0.05, 0.1) is 18.2 Å². The molecule has 1 unspecified atom stereocenters. The Balaban J connectivity index is 1.71. The molecule has 0 bridgehead atoms. The van der Waals surface area contributed by atoms with Gasteiger partial charge in [0, 0.05) is 5.56 Å². The normalized spacial score (nSPS) is 13.5. The second-order valence-corrected chi connectivity index (χ2v) is 7.59. The van der Waals surface area contributed by atoms with Gasteiger partial charge in [-0.15, -0.1) is 0 Å². The van der Waals surface area contributed by atoms with E-state index < -0.39 is 25.0 Å². The van der Waals surface area contributed by atoms with Crippen molar-refractivity contribution in [2.45, 2.75) is 40.0 Å². The minimum Gasteiger partial charge on any atom is -0.459 e. The SMILES string of the molecule is Cc1c(C(=O)NC(C(=O)OCc2cccc(C#N)c2)C(C)C)ccc2c1B(O)OC2. The molecule has 2 N–H and O–H groups in total. The molecule has 1 atom stereocenters. The number of rotatable bonds is 6. The van der Waals surface area contributed by atoms with E-state index in [-0.39, 0.29) is 12.5 Å². The first-order valence-corrected chi connectivity index (χ1v) is 9.70. The van der Waals surface area contributed by atoms with Crippen molar-refractivity contribution in [1.82, 2.24) is 5.32 Å². The molecule has 2 aromatic rings. The molecule has 0 aliphatic carbocycles. The zero-order valence-electron chi connectivity index (χ0n) is 17.1. The van der Waals surface area contributed by atoms with E-state index in [0.717, 1.165) is 5.56 Å². The van der Waals surface area contributed by atoms with Crippen molar-refractivity contribution in [3.05, 3.63) is 64.2 Å². The fraction of sp³-hybridized carbons (Fsp3) is 0.318. The lowest BCUT2D eigenvalue weighted by atomic mass is 9.75. The van der Waals surface area contributed by atoms with Gasteiger partial charge in [0.15, 0.2) is 0 Å². The van der Waals surface area contributed by atoms with E-state index in [1.165, 1.54) is 0 Å². The molecule has 30 heavy (non-hydrogen) atoms. The second-order valence-electron chi connectivity index (χ2n) is 7.59. The van der Waals surface area contributed by atoms with Gasteiger partial charge >= 0.3 is 13.1 Å². The van der Waals surface area contributed by atoms with Crippen LogP contribution in [0.5, 0.6) is 0 Å². The minimum atomic E-state index is -1.05. The van der Waals surface area contributed by atoms with E-state index in [4.69, 9.17) is 14.7 Å². The summed E-state index contributed by atoms with van der Waals surface area (Å²) in [6, 6.07) is 11.4. The molecule has 7 nitrogen and oxygen atoms in total. The summed E-state index contributed by atoms with van der Waals surface area (Å²) in [5, 5.41) is 21.7. The highest BCUT2D eigenvalue weighted by molar-refractivity contribution is 6.62. The third-order valence-electron chi connectivity index (χ3n) is 5.14. The summed E-state index contributed by atoms with van der Waals surface area (Å²) in [6.45, 7) is 5.68. The predicted octanol–water partition coefficient (Wildman–Crippen LogP) is 1.58. The van der Waals surface area contributed by atoms with Crippen LogP contribution in [0.15, 0.2) is 36.4 Å². The number of benzene rings is 2. The first-order chi connectivity index (χ1) is 14.3. The van der Waals surface area contributed by atoms with Gasteiger partial charge in [0.1, 0.15) is 12.6 Å². The van der Waals surface area contributed by atoms with Crippen molar-refractivity contribution in [2.24, 2.45) is 5.92 Å². The minimum absolute atomic E-state index is 0.00878. The molecular formula is C22H23BN2O5. The average molecular weight is 406 g/mol. The van der Waals surface area contributed by atoms with Gasteiger partial charge in [-0.05, 0) is 53.2 Å². The van der Waals surface area contributed by atoms with Crippen LogP contribution in [0.25, 0.3) is 0 Å². The van der Waals surface area contributed by atoms with E-state index in [1.807, 2.05) is 19.9 Å². The van der Waals surface area contributed by atoms with Crippen LogP contribution in [-0.4, -0.2) is 30.1 Å². The number of amides is 1. The number of nitrogens with zero attached hydrogens (tertiary/aromatic N) is 1. The Kier molecular flexibility index (Phi) is 6.55. The molecule has 2 aromatic carbocycles. The van der Waals surface area contributed by atoms with Gasteiger partial charge in [-0.1, -0.05) is 32.0 Å². The summed E-state index contributed by atoms with van der Waals surface area (Å²) >= 11 is 0. The van der Waals surface area contributed by atoms with Crippen LogP contribution in [0.3, 0.4) is 0 Å². The van der Waals surface area contributed by atoms with Gasteiger partial charge in [-0.25, -0.2) is 4.79 Å². The van der Waals surface area contributed by atoms with Gasteiger partial charge < -0.3 is 19.7 Å². The molecule has 0 saturated heterocycles. The summed E-state index contributed by atoms with van der Waals surface area (Å²) in [5.41, 5.74) is 3.62. The van der Waals surface area contributed by atoms with Crippen LogP contribution in [-0.2, 0) is 27.4 Å². The van der Waals surface area contributed by atoms with Gasteiger partial charge in [0.25, 0.3) is 5.91 Å². The Morgan fingerprint density at radius 3 is 2.80 bits per heavy atom. The maximum atomic E-state index is 12.9. The highest BCUT2D eigenvalue weighted by Crippen LogP contribution is 2.17. The number of hydrogen-bond donors (Lipinski definition) is 2. The Morgan fingerprint density at radius 2 is 2.10 bits per heavy atom. The monoisotopic (exact) mass is 406 g/mol. The van der Waals surface area contributed by atoms with Crippen molar-refractivity contribution in [1.29, 1.82) is 5.26 Å². The second kappa shape index (κ2) is 9.12. The summed E-state index contributed by atoms with van der Waals surface area (Å²) in [4.78, 5) is 25.5. The van der Waals surface area contributed by atoms with Crippen LogP contribution < -0.4 is 10.8 Å². The first-order valence-electron chi connectivity index (χ1n) is 9.70. The molecule has 8 heteroatoms. The highest BCUT2D eigenvalue weighted by Gasteiger charge is 2.32. The number of carbonyl (C=O) groups excluding carboxylic acids is 2. The topological polar surface area (TPSA) is 109 Å². The number of esters is 1. The lowest BCUT2D eigenvalue weighted by Crippen LogP contribution is -2.46. The zero-order valence-corrected chi connectivity index (χ0v) is 17.1. The summed E-state index contributed by atoms with van der Waals surface area (Å²) in [5.74, 6) is -1.17. The Bertz CT molecular complexity index is 1020. The van der Waals surface area contributed by atoms with E-state index >= 15 is 0 Å². The summed E-state index contributed by atoms with van der Waals surface area (Å²) in [7, 11) is -1.05. The largest absolute Gasteiger partial charge is 0.492 e. The molecule has 1 amide bonds. The van der Waals surface area contributed by atoms with Crippen LogP contribution in [0, 0.1) is 24.2 Å². The molecule has 1 aliphatic rings. The first kappa shape index (κ1) is 21.6. The molecule has 1 aliphatic heterocycles. The van der Waals surface area contributed by atoms with Crippen LogP contribution in [0.4, 0.5) is 0 Å². The quantitative estimate of drug-likeness (QED) is 0.557. The standard InChI is InChI=1S/C22H23BN2O5/c1-13(2)20(22(27)29-11-16-6-4-5-15(9-16)10-24)25-21(26)18-8-7-17-12-30-23(28)19(17)14(18)3/h4-9,13,20,28H,11-12H2,1-3H3,(H,25,26). The maximum absolute atomic E-state index is 12.9. The summed E-state index contributed by atoms with van der Waals surface area (Å²) in [6.07, 6.45) is 0. The smallest absolute Gasteiger partial charge is 0.459 e. The Labute approximate surface area is 175 Å². The predicted molar refractivity (Wildman–Crippen MR) is 111 cm³/mol.